The Morgan fingerprint density at radius 3 is 2.28 bits per heavy atom. The Bertz CT molecular complexity index is 2120. The van der Waals surface area contributed by atoms with Crippen LogP contribution in [0.5, 0.6) is 0 Å². The Morgan fingerprint density at radius 2 is 1.61 bits per heavy atom. The van der Waals surface area contributed by atoms with E-state index in [0.29, 0.717) is 0 Å². The first-order chi connectivity index (χ1) is 21.4. The summed E-state index contributed by atoms with van der Waals surface area (Å²) in [6.07, 6.45) is 4.85. The molecule has 0 N–H and O–H groups in total. The minimum Gasteiger partial charge on any atom is -0.501 e. The van der Waals surface area contributed by atoms with E-state index in [-0.39, 0.29) is 30.9 Å². The molecule has 7 rings (SSSR count). The number of hydrogen-bond acceptors (Lipinski definition) is 5. The average molecular weight is 802 g/mol. The van der Waals surface area contributed by atoms with Crippen molar-refractivity contribution < 1.29 is 24.5 Å². The van der Waals surface area contributed by atoms with Crippen LogP contribution in [-0.4, -0.2) is 15.0 Å². The van der Waals surface area contributed by atoms with E-state index in [1.165, 1.54) is 21.4 Å². The van der Waals surface area contributed by atoms with Crippen LogP contribution in [0.3, 0.4) is 0 Å². The summed E-state index contributed by atoms with van der Waals surface area (Å²) < 4.78 is 7.61. The first-order valence-electron chi connectivity index (χ1n) is 15.4. The van der Waals surface area contributed by atoms with Crippen LogP contribution in [0.15, 0.2) is 83.5 Å². The fraction of sp³-hybridized carbons (Fsp3) is 0.275. The first kappa shape index (κ1) is 33.7. The van der Waals surface area contributed by atoms with Gasteiger partial charge in [0.25, 0.3) is 0 Å². The van der Waals surface area contributed by atoms with Gasteiger partial charge in [0.2, 0.25) is 0 Å². The minimum absolute atomic E-state index is 0. The molecule has 46 heavy (non-hydrogen) atoms. The number of thiazole rings is 1. The molecule has 0 fully saturated rings. The summed E-state index contributed by atoms with van der Waals surface area (Å²) in [5.41, 5.74) is 10.6. The fourth-order valence-corrected chi connectivity index (χ4v) is 6.54. The maximum Gasteiger partial charge on any atom is 0.122 e. The van der Waals surface area contributed by atoms with Crippen LogP contribution in [0, 0.1) is 31.4 Å². The number of pyridine rings is 2. The van der Waals surface area contributed by atoms with Gasteiger partial charge >= 0.3 is 0 Å². The van der Waals surface area contributed by atoms with Gasteiger partial charge in [0.15, 0.2) is 0 Å². The molecule has 0 spiro atoms. The summed E-state index contributed by atoms with van der Waals surface area (Å²) in [6.45, 7) is 17.6. The van der Waals surface area contributed by atoms with Crippen molar-refractivity contribution in [3.8, 4) is 22.5 Å². The molecule has 3 aromatic carbocycles. The van der Waals surface area contributed by atoms with Gasteiger partial charge < -0.3 is 14.4 Å². The normalized spacial score (nSPS) is 11.8. The molecule has 0 aliphatic carbocycles. The third-order valence-electron chi connectivity index (χ3n) is 7.68. The number of benzene rings is 3. The predicted molar refractivity (Wildman–Crippen MR) is 189 cm³/mol. The predicted octanol–water partition coefficient (Wildman–Crippen LogP) is 11.1. The van der Waals surface area contributed by atoms with E-state index in [1.807, 2.05) is 61.8 Å². The first-order valence-corrected chi connectivity index (χ1v) is 16.2. The van der Waals surface area contributed by atoms with E-state index in [4.69, 9.17) is 14.4 Å². The van der Waals surface area contributed by atoms with Crippen LogP contribution in [0.25, 0.3) is 54.7 Å². The minimum atomic E-state index is 0. The topological polar surface area (TPSA) is 51.8 Å². The van der Waals surface area contributed by atoms with Crippen molar-refractivity contribution in [2.75, 3.05) is 0 Å². The van der Waals surface area contributed by atoms with Crippen LogP contribution in [-0.2, 0) is 31.9 Å². The Balaban J connectivity index is 0.000000250. The Morgan fingerprint density at radius 1 is 0.826 bits per heavy atom. The van der Waals surface area contributed by atoms with E-state index < -0.39 is 0 Å². The molecule has 0 amide bonds. The molecule has 6 heteroatoms. The molecular formula is C40H39IrN3OS-2. The largest absolute Gasteiger partial charge is 0.501 e. The fourth-order valence-electron chi connectivity index (χ4n) is 5.37. The van der Waals surface area contributed by atoms with Gasteiger partial charge in [0.05, 0.1) is 20.8 Å². The Labute approximate surface area is 289 Å². The van der Waals surface area contributed by atoms with Gasteiger partial charge in [-0.1, -0.05) is 76.3 Å². The number of hydrogen-bond donors (Lipinski definition) is 0. The number of aryl methyl sites for hydroxylation is 2. The van der Waals surface area contributed by atoms with Crippen molar-refractivity contribution in [2.45, 2.75) is 67.2 Å². The van der Waals surface area contributed by atoms with Crippen molar-refractivity contribution >= 4 is 43.5 Å². The monoisotopic (exact) mass is 802 g/mol. The second-order valence-electron chi connectivity index (χ2n) is 14.0. The maximum absolute atomic E-state index is 6.42. The Hall–Kier alpha value is -3.70. The number of furan rings is 1. The van der Waals surface area contributed by atoms with E-state index >= 15 is 0 Å². The summed E-state index contributed by atoms with van der Waals surface area (Å²) in [5.74, 6) is 0. The number of nitrogens with zero attached hydrogens (tertiary/aromatic N) is 3. The molecule has 0 aliphatic rings. The average Bonchev–Trinajstić information content (AvgIpc) is 3.61. The maximum atomic E-state index is 6.42. The number of fused-ring (bicyclic) bond motifs is 5. The van der Waals surface area contributed by atoms with Crippen LogP contribution < -0.4 is 0 Å². The Kier molecular flexibility index (Phi) is 9.65. The molecule has 4 heterocycles. The molecule has 7 aromatic rings. The summed E-state index contributed by atoms with van der Waals surface area (Å²) in [6, 6.07) is 28.9. The van der Waals surface area contributed by atoms with Crippen LogP contribution in [0.4, 0.5) is 0 Å². The van der Waals surface area contributed by atoms with E-state index in [0.717, 1.165) is 61.4 Å². The van der Waals surface area contributed by atoms with Gasteiger partial charge in [0, 0.05) is 43.3 Å². The molecule has 0 atom stereocenters. The number of rotatable bonds is 3. The summed E-state index contributed by atoms with van der Waals surface area (Å²) in [5, 5.41) is 3.38. The SMILES string of the molecule is Cc1ccc(-c2[c-]cccc2)nc1.Cc1cnc(-c2[c-]ccc3c2oc2ccc4nc(C(C)(C)C)sc4c23)cc1CC(C)(C)C.[Ir]. The molecule has 0 aliphatic heterocycles. The molecule has 0 saturated heterocycles. The smallest absolute Gasteiger partial charge is 0.122 e. The summed E-state index contributed by atoms with van der Waals surface area (Å²) in [7, 11) is 0. The molecule has 0 unspecified atom stereocenters. The van der Waals surface area contributed by atoms with Crippen molar-refractivity contribution in [1.82, 2.24) is 15.0 Å². The van der Waals surface area contributed by atoms with Crippen LogP contribution in [0.2, 0.25) is 0 Å². The second kappa shape index (κ2) is 13.2. The third kappa shape index (κ3) is 7.15. The molecule has 1 radical (unpaired) electrons. The van der Waals surface area contributed by atoms with Gasteiger partial charge in [-0.25, -0.2) is 4.98 Å². The second-order valence-corrected chi connectivity index (χ2v) is 15.0. The van der Waals surface area contributed by atoms with E-state index in [2.05, 4.69) is 89.8 Å². The third-order valence-corrected chi connectivity index (χ3v) is 9.19. The standard InChI is InChI=1S/C28H29N2OS.C12H10N.Ir/c1-16-15-29-21(13-17(16)14-27(2,3)4)18-9-8-10-19-23-22(31-24(18)19)12-11-20-25(23)32-26(30-20)28(5,6)7;1-10-7-8-12(13-9-10)11-5-3-2-4-6-11;/h8,10-13,15H,14H2,1-7H3;2-5,7-9H,1H3;/q2*-1;. The van der Waals surface area contributed by atoms with Gasteiger partial charge in [0.1, 0.15) is 5.58 Å². The summed E-state index contributed by atoms with van der Waals surface area (Å²) in [4.78, 5) is 14.0. The van der Waals surface area contributed by atoms with Gasteiger partial charge in [-0.05, 0) is 60.3 Å². The molecule has 0 bridgehead atoms. The van der Waals surface area contributed by atoms with Gasteiger partial charge in [-0.3, -0.25) is 0 Å². The number of aromatic nitrogens is 3. The van der Waals surface area contributed by atoms with Crippen molar-refractivity contribution in [2.24, 2.45) is 5.41 Å². The van der Waals surface area contributed by atoms with E-state index in [1.54, 1.807) is 11.3 Å². The van der Waals surface area contributed by atoms with Gasteiger partial charge in [-0.15, -0.1) is 65.4 Å². The van der Waals surface area contributed by atoms with Crippen LogP contribution in [0.1, 0.15) is 63.2 Å². The summed E-state index contributed by atoms with van der Waals surface area (Å²) >= 11 is 1.77. The van der Waals surface area contributed by atoms with Crippen LogP contribution >= 0.6 is 11.3 Å². The molecule has 237 valence electrons. The molecule has 4 aromatic heterocycles. The van der Waals surface area contributed by atoms with E-state index in [9.17, 15) is 0 Å². The zero-order valence-electron chi connectivity index (χ0n) is 27.7. The van der Waals surface area contributed by atoms with Crippen molar-refractivity contribution in [3.63, 3.8) is 0 Å². The molecular weight excluding hydrogens is 763 g/mol. The van der Waals surface area contributed by atoms with Crippen molar-refractivity contribution in [1.29, 1.82) is 0 Å². The zero-order chi connectivity index (χ0) is 31.9. The quantitative estimate of drug-likeness (QED) is 0.167. The molecule has 4 nitrogen and oxygen atoms in total. The van der Waals surface area contributed by atoms with Gasteiger partial charge in [-0.2, -0.15) is 0 Å². The zero-order valence-corrected chi connectivity index (χ0v) is 30.9. The van der Waals surface area contributed by atoms with Crippen molar-refractivity contribution in [3.05, 3.63) is 113 Å². The molecule has 0 saturated carbocycles.